The van der Waals surface area contributed by atoms with Crippen LogP contribution in [0.25, 0.3) is 0 Å². The van der Waals surface area contributed by atoms with E-state index in [1.807, 2.05) is 16.9 Å². The van der Waals surface area contributed by atoms with Crippen molar-refractivity contribution in [3.63, 3.8) is 0 Å². The lowest BCUT2D eigenvalue weighted by atomic mass is 10.3. The van der Waals surface area contributed by atoms with E-state index in [1.54, 1.807) is 11.3 Å². The van der Waals surface area contributed by atoms with Gasteiger partial charge >= 0.3 is 0 Å². The van der Waals surface area contributed by atoms with Gasteiger partial charge < -0.3 is 0 Å². The Hall–Kier alpha value is -1.09. The summed E-state index contributed by atoms with van der Waals surface area (Å²) >= 11 is 1.73. The van der Waals surface area contributed by atoms with Gasteiger partial charge in [-0.1, -0.05) is 0 Å². The Kier molecular flexibility index (Phi) is 1.96. The Balaban J connectivity index is 2.20. The third-order valence-electron chi connectivity index (χ3n) is 1.84. The summed E-state index contributed by atoms with van der Waals surface area (Å²) in [7, 11) is 0. The molecule has 2 heterocycles. The molecule has 2 aromatic rings. The Morgan fingerprint density at radius 1 is 1.50 bits per heavy atom. The van der Waals surface area contributed by atoms with Crippen LogP contribution in [-0.4, -0.2) is 9.78 Å². The van der Waals surface area contributed by atoms with Gasteiger partial charge in [0.2, 0.25) is 0 Å². The van der Waals surface area contributed by atoms with Gasteiger partial charge in [-0.2, -0.15) is 16.4 Å². The van der Waals surface area contributed by atoms with E-state index in [0.29, 0.717) is 0 Å². The second-order valence-electron chi connectivity index (χ2n) is 2.76. The highest BCUT2D eigenvalue weighted by Gasteiger charge is 1.97. The average Bonchev–Trinajstić information content (AvgIpc) is 2.65. The van der Waals surface area contributed by atoms with Crippen molar-refractivity contribution >= 4 is 11.3 Å². The number of nitrogens with zero attached hydrogens (tertiary/aromatic N) is 2. The first kappa shape index (κ1) is 7.55. The first-order chi connectivity index (χ1) is 5.86. The van der Waals surface area contributed by atoms with Crippen LogP contribution in [0.3, 0.4) is 0 Å². The third-order valence-corrected chi connectivity index (χ3v) is 2.57. The Labute approximate surface area is 75.5 Å². The number of hydrogen-bond donors (Lipinski definition) is 0. The summed E-state index contributed by atoms with van der Waals surface area (Å²) in [6.07, 6.45) is 1.84. The van der Waals surface area contributed by atoms with Crippen LogP contribution < -0.4 is 0 Å². The average molecular weight is 178 g/mol. The van der Waals surface area contributed by atoms with Gasteiger partial charge in [-0.05, 0) is 35.4 Å². The first-order valence-electron chi connectivity index (χ1n) is 3.86. The molecule has 0 spiro atoms. The largest absolute Gasteiger partial charge is 0.265 e. The van der Waals surface area contributed by atoms with Crippen LogP contribution in [0.15, 0.2) is 29.1 Å². The molecule has 3 heteroatoms. The SMILES string of the molecule is Cc1ccnn1Cc1ccsc1. The van der Waals surface area contributed by atoms with Crippen LogP contribution in [0.2, 0.25) is 0 Å². The summed E-state index contributed by atoms with van der Waals surface area (Å²) in [6.45, 7) is 2.96. The van der Waals surface area contributed by atoms with E-state index in [4.69, 9.17) is 0 Å². The highest BCUT2D eigenvalue weighted by molar-refractivity contribution is 7.07. The maximum atomic E-state index is 4.21. The maximum Gasteiger partial charge on any atom is 0.0670 e. The van der Waals surface area contributed by atoms with E-state index in [1.165, 1.54) is 11.3 Å². The Morgan fingerprint density at radius 2 is 2.42 bits per heavy atom. The predicted molar refractivity (Wildman–Crippen MR) is 50.4 cm³/mol. The van der Waals surface area contributed by atoms with Gasteiger partial charge in [0.05, 0.1) is 6.54 Å². The third kappa shape index (κ3) is 1.41. The molecule has 0 aliphatic carbocycles. The van der Waals surface area contributed by atoms with Crippen molar-refractivity contribution in [1.82, 2.24) is 9.78 Å². The smallest absolute Gasteiger partial charge is 0.0670 e. The minimum Gasteiger partial charge on any atom is -0.265 e. The summed E-state index contributed by atoms with van der Waals surface area (Å²) in [5, 5.41) is 8.46. The molecule has 0 atom stereocenters. The van der Waals surface area contributed by atoms with Crippen LogP contribution in [0.5, 0.6) is 0 Å². The lowest BCUT2D eigenvalue weighted by molar-refractivity contribution is 0.666. The molecule has 0 saturated heterocycles. The molecule has 0 saturated carbocycles. The number of aryl methyl sites for hydroxylation is 1. The first-order valence-corrected chi connectivity index (χ1v) is 4.80. The zero-order chi connectivity index (χ0) is 8.39. The molecule has 2 rings (SSSR count). The summed E-state index contributed by atoms with van der Waals surface area (Å²) in [6, 6.07) is 4.15. The molecule has 2 nitrogen and oxygen atoms in total. The van der Waals surface area contributed by atoms with Gasteiger partial charge in [0, 0.05) is 11.9 Å². The van der Waals surface area contributed by atoms with Crippen molar-refractivity contribution in [2.75, 3.05) is 0 Å². The molecule has 0 radical (unpaired) electrons. The molecule has 0 aromatic carbocycles. The quantitative estimate of drug-likeness (QED) is 0.690. The van der Waals surface area contributed by atoms with Gasteiger partial charge in [0.1, 0.15) is 0 Å². The van der Waals surface area contributed by atoms with E-state index in [-0.39, 0.29) is 0 Å². The lowest BCUT2D eigenvalue weighted by Crippen LogP contribution is -2.01. The highest BCUT2D eigenvalue weighted by Crippen LogP contribution is 2.08. The van der Waals surface area contributed by atoms with Crippen molar-refractivity contribution < 1.29 is 0 Å². The molecule has 0 N–H and O–H groups in total. The number of thiophene rings is 1. The van der Waals surface area contributed by atoms with Crippen LogP contribution in [0.1, 0.15) is 11.3 Å². The summed E-state index contributed by atoms with van der Waals surface area (Å²) in [5.74, 6) is 0. The molecular formula is C9H10N2S. The van der Waals surface area contributed by atoms with Gasteiger partial charge in [-0.15, -0.1) is 0 Å². The normalized spacial score (nSPS) is 10.4. The molecule has 0 amide bonds. The summed E-state index contributed by atoms with van der Waals surface area (Å²) in [4.78, 5) is 0. The van der Waals surface area contributed by atoms with Crippen LogP contribution >= 0.6 is 11.3 Å². The van der Waals surface area contributed by atoms with Gasteiger partial charge in [0.15, 0.2) is 0 Å². The molecule has 2 aromatic heterocycles. The molecule has 62 valence electrons. The van der Waals surface area contributed by atoms with Crippen LogP contribution in [0, 0.1) is 6.92 Å². The van der Waals surface area contributed by atoms with Crippen molar-refractivity contribution in [3.8, 4) is 0 Å². The Morgan fingerprint density at radius 3 is 3.00 bits per heavy atom. The minimum atomic E-state index is 0.891. The fourth-order valence-electron chi connectivity index (χ4n) is 1.12. The minimum absolute atomic E-state index is 0.891. The zero-order valence-corrected chi connectivity index (χ0v) is 7.71. The fourth-order valence-corrected chi connectivity index (χ4v) is 1.78. The second kappa shape index (κ2) is 3.11. The Bertz CT molecular complexity index is 348. The summed E-state index contributed by atoms with van der Waals surface area (Å²) in [5.41, 5.74) is 2.54. The van der Waals surface area contributed by atoms with Crippen molar-refractivity contribution in [2.24, 2.45) is 0 Å². The maximum absolute atomic E-state index is 4.21. The van der Waals surface area contributed by atoms with E-state index in [0.717, 1.165) is 6.54 Å². The van der Waals surface area contributed by atoms with E-state index in [9.17, 15) is 0 Å². The number of rotatable bonds is 2. The molecule has 0 unspecified atom stereocenters. The van der Waals surface area contributed by atoms with Crippen LogP contribution in [0.4, 0.5) is 0 Å². The standard InChI is InChI=1S/C9H10N2S/c1-8-2-4-10-11(8)6-9-3-5-12-7-9/h2-5,7H,6H2,1H3. The number of aromatic nitrogens is 2. The van der Waals surface area contributed by atoms with E-state index < -0.39 is 0 Å². The van der Waals surface area contributed by atoms with E-state index >= 15 is 0 Å². The molecule has 0 aliphatic heterocycles. The number of hydrogen-bond acceptors (Lipinski definition) is 2. The van der Waals surface area contributed by atoms with Crippen molar-refractivity contribution in [3.05, 3.63) is 40.3 Å². The molecule has 0 bridgehead atoms. The lowest BCUT2D eigenvalue weighted by Gasteiger charge is -2.00. The summed E-state index contributed by atoms with van der Waals surface area (Å²) < 4.78 is 2.00. The molecular weight excluding hydrogens is 168 g/mol. The van der Waals surface area contributed by atoms with Gasteiger partial charge in [-0.25, -0.2) is 0 Å². The van der Waals surface area contributed by atoms with Gasteiger partial charge in [-0.3, -0.25) is 4.68 Å². The fraction of sp³-hybridized carbons (Fsp3) is 0.222. The zero-order valence-electron chi connectivity index (χ0n) is 6.90. The van der Waals surface area contributed by atoms with Crippen molar-refractivity contribution in [1.29, 1.82) is 0 Å². The van der Waals surface area contributed by atoms with E-state index in [2.05, 4.69) is 28.8 Å². The van der Waals surface area contributed by atoms with Crippen molar-refractivity contribution in [2.45, 2.75) is 13.5 Å². The second-order valence-corrected chi connectivity index (χ2v) is 3.54. The molecule has 0 aliphatic rings. The predicted octanol–water partition coefficient (Wildman–Crippen LogP) is 2.30. The molecule has 0 fully saturated rings. The monoisotopic (exact) mass is 178 g/mol. The highest BCUT2D eigenvalue weighted by atomic mass is 32.1. The molecule has 12 heavy (non-hydrogen) atoms. The van der Waals surface area contributed by atoms with Gasteiger partial charge in [0.25, 0.3) is 0 Å². The topological polar surface area (TPSA) is 17.8 Å². The van der Waals surface area contributed by atoms with Crippen LogP contribution in [-0.2, 0) is 6.54 Å².